The number of urea groups is 1. The van der Waals surface area contributed by atoms with Crippen LogP contribution in [0.1, 0.15) is 37.6 Å². The van der Waals surface area contributed by atoms with Gasteiger partial charge in [0.2, 0.25) is 5.91 Å². The van der Waals surface area contributed by atoms with E-state index in [4.69, 9.17) is 0 Å². The molecule has 9 heteroatoms. The fourth-order valence-corrected chi connectivity index (χ4v) is 4.35. The minimum absolute atomic E-state index is 0.181. The van der Waals surface area contributed by atoms with Crippen LogP contribution in [0.25, 0.3) is 10.2 Å². The SMILES string of the molecule is CC[C@@H](C)Cc1c(C)sc2nc(S[C@H](C)C(=O)NC(=O)NC)[nH]c(=O)c12. The van der Waals surface area contributed by atoms with Gasteiger partial charge in [-0.25, -0.2) is 9.78 Å². The lowest BCUT2D eigenvalue weighted by molar-refractivity contribution is -0.119. The highest BCUT2D eigenvalue weighted by Gasteiger charge is 2.20. The number of hydrogen-bond donors (Lipinski definition) is 3. The Morgan fingerprint density at radius 1 is 1.35 bits per heavy atom. The van der Waals surface area contributed by atoms with Gasteiger partial charge in [-0.15, -0.1) is 11.3 Å². The minimum Gasteiger partial charge on any atom is -0.341 e. The van der Waals surface area contributed by atoms with Crippen LogP contribution in [0, 0.1) is 12.8 Å². The van der Waals surface area contributed by atoms with Crippen molar-refractivity contribution in [3.8, 4) is 0 Å². The van der Waals surface area contributed by atoms with Crippen molar-refractivity contribution in [3.63, 3.8) is 0 Å². The predicted octanol–water partition coefficient (Wildman–Crippen LogP) is 2.82. The highest BCUT2D eigenvalue weighted by molar-refractivity contribution is 8.00. The van der Waals surface area contributed by atoms with Gasteiger partial charge < -0.3 is 10.3 Å². The lowest BCUT2D eigenvalue weighted by Crippen LogP contribution is -2.41. The summed E-state index contributed by atoms with van der Waals surface area (Å²) in [4.78, 5) is 44.9. The second kappa shape index (κ2) is 8.68. The molecule has 2 aromatic rings. The van der Waals surface area contributed by atoms with E-state index >= 15 is 0 Å². The number of carbonyl (C=O) groups excluding carboxylic acids is 2. The molecule has 7 nitrogen and oxygen atoms in total. The average Bonchev–Trinajstić information content (AvgIpc) is 2.90. The van der Waals surface area contributed by atoms with Crippen molar-refractivity contribution in [1.82, 2.24) is 20.6 Å². The summed E-state index contributed by atoms with van der Waals surface area (Å²) in [5.41, 5.74) is 0.883. The Balaban J connectivity index is 2.27. The second-order valence-corrected chi connectivity index (χ2v) is 8.77. The molecular weight excluding hydrogens is 372 g/mol. The van der Waals surface area contributed by atoms with Crippen molar-refractivity contribution in [3.05, 3.63) is 20.8 Å². The molecule has 2 heterocycles. The first-order valence-electron chi connectivity index (χ1n) is 8.48. The van der Waals surface area contributed by atoms with Crippen molar-refractivity contribution in [1.29, 1.82) is 0 Å². The monoisotopic (exact) mass is 396 g/mol. The van der Waals surface area contributed by atoms with Gasteiger partial charge in [0.25, 0.3) is 5.56 Å². The highest BCUT2D eigenvalue weighted by atomic mass is 32.2. The molecule has 26 heavy (non-hydrogen) atoms. The topological polar surface area (TPSA) is 104 Å². The first-order chi connectivity index (χ1) is 12.3. The Labute approximate surface area is 160 Å². The number of nitrogens with zero attached hydrogens (tertiary/aromatic N) is 1. The third kappa shape index (κ3) is 4.64. The van der Waals surface area contributed by atoms with Crippen molar-refractivity contribution in [2.24, 2.45) is 5.92 Å². The number of carbonyl (C=O) groups is 2. The molecule has 0 radical (unpaired) electrons. The van der Waals surface area contributed by atoms with E-state index in [1.165, 1.54) is 18.4 Å². The number of rotatable bonds is 6. The molecule has 0 spiro atoms. The second-order valence-electron chi connectivity index (χ2n) is 6.23. The lowest BCUT2D eigenvalue weighted by Gasteiger charge is -2.10. The number of imide groups is 1. The minimum atomic E-state index is -0.575. The zero-order chi connectivity index (χ0) is 19.4. The van der Waals surface area contributed by atoms with Gasteiger partial charge in [0.05, 0.1) is 10.6 Å². The molecule has 3 N–H and O–H groups in total. The van der Waals surface area contributed by atoms with Gasteiger partial charge in [-0.3, -0.25) is 14.9 Å². The summed E-state index contributed by atoms with van der Waals surface area (Å²) in [5, 5.41) is 4.99. The Morgan fingerprint density at radius 2 is 2.04 bits per heavy atom. The summed E-state index contributed by atoms with van der Waals surface area (Å²) in [7, 11) is 1.43. The highest BCUT2D eigenvalue weighted by Crippen LogP contribution is 2.31. The molecule has 142 valence electrons. The van der Waals surface area contributed by atoms with E-state index in [1.807, 2.05) is 6.92 Å². The van der Waals surface area contributed by atoms with Gasteiger partial charge in [-0.2, -0.15) is 0 Å². The molecular formula is C17H24N4O3S2. The van der Waals surface area contributed by atoms with E-state index < -0.39 is 17.2 Å². The quantitative estimate of drug-likeness (QED) is 0.514. The molecule has 2 rings (SSSR count). The number of nitrogens with one attached hydrogen (secondary N) is 3. The number of aryl methyl sites for hydroxylation is 1. The third-order valence-corrected chi connectivity index (χ3v) is 6.24. The Morgan fingerprint density at radius 3 is 2.65 bits per heavy atom. The summed E-state index contributed by atoms with van der Waals surface area (Å²) in [6.07, 6.45) is 1.90. The lowest BCUT2D eigenvalue weighted by atomic mass is 9.98. The van der Waals surface area contributed by atoms with E-state index in [0.717, 1.165) is 35.0 Å². The maximum absolute atomic E-state index is 12.6. The number of thiophene rings is 1. The number of hydrogen-bond acceptors (Lipinski definition) is 6. The van der Waals surface area contributed by atoms with Gasteiger partial charge in [-0.05, 0) is 31.7 Å². The van der Waals surface area contributed by atoms with Crippen molar-refractivity contribution in [2.75, 3.05) is 7.05 Å². The normalized spacial score (nSPS) is 13.4. The maximum atomic E-state index is 12.6. The Hall–Kier alpha value is -1.87. The van der Waals surface area contributed by atoms with Gasteiger partial charge in [0, 0.05) is 11.9 Å². The first kappa shape index (κ1) is 20.4. The zero-order valence-electron chi connectivity index (χ0n) is 15.6. The third-order valence-electron chi connectivity index (χ3n) is 4.21. The summed E-state index contributed by atoms with van der Waals surface area (Å²) in [6.45, 7) is 7.97. The number of H-pyrrole nitrogens is 1. The van der Waals surface area contributed by atoms with E-state index in [0.29, 0.717) is 21.3 Å². The largest absolute Gasteiger partial charge is 0.341 e. The number of aromatic amines is 1. The van der Waals surface area contributed by atoms with Crippen LogP contribution in [0.15, 0.2) is 9.95 Å². The average molecular weight is 397 g/mol. The smallest absolute Gasteiger partial charge is 0.321 e. The van der Waals surface area contributed by atoms with E-state index in [-0.39, 0.29) is 5.56 Å². The Kier molecular flexibility index (Phi) is 6.82. The summed E-state index contributed by atoms with van der Waals surface area (Å²) < 4.78 is 0. The molecule has 3 amide bonds. The number of thioether (sulfide) groups is 1. The zero-order valence-corrected chi connectivity index (χ0v) is 17.2. The van der Waals surface area contributed by atoms with Crippen molar-refractivity contribution in [2.45, 2.75) is 50.9 Å². The molecule has 0 bridgehead atoms. The van der Waals surface area contributed by atoms with Crippen LogP contribution in [0.4, 0.5) is 4.79 Å². The number of fused-ring (bicyclic) bond motifs is 1. The summed E-state index contributed by atoms with van der Waals surface area (Å²) in [5.74, 6) is 0.0466. The molecule has 0 saturated heterocycles. The molecule has 2 aromatic heterocycles. The van der Waals surface area contributed by atoms with Gasteiger partial charge in [-0.1, -0.05) is 32.0 Å². The number of amides is 3. The van der Waals surface area contributed by atoms with Crippen LogP contribution in [0.5, 0.6) is 0 Å². The maximum Gasteiger partial charge on any atom is 0.321 e. The van der Waals surface area contributed by atoms with Crippen LogP contribution in [0.2, 0.25) is 0 Å². The molecule has 0 aromatic carbocycles. The van der Waals surface area contributed by atoms with E-state index in [9.17, 15) is 14.4 Å². The van der Waals surface area contributed by atoms with Crippen molar-refractivity contribution >= 4 is 45.3 Å². The first-order valence-corrected chi connectivity index (χ1v) is 10.2. The van der Waals surface area contributed by atoms with Gasteiger partial charge in [0.1, 0.15) is 4.83 Å². The van der Waals surface area contributed by atoms with Crippen LogP contribution in [-0.2, 0) is 11.2 Å². The molecule has 0 aliphatic heterocycles. The predicted molar refractivity (Wildman–Crippen MR) is 106 cm³/mol. The molecule has 2 atom stereocenters. The Bertz CT molecular complexity index is 875. The number of aromatic nitrogens is 2. The van der Waals surface area contributed by atoms with Gasteiger partial charge in [0.15, 0.2) is 5.16 Å². The molecule has 0 aliphatic carbocycles. The van der Waals surface area contributed by atoms with E-state index in [2.05, 4.69) is 34.4 Å². The fraction of sp³-hybridized carbons (Fsp3) is 0.529. The van der Waals surface area contributed by atoms with Crippen LogP contribution in [-0.4, -0.2) is 34.2 Å². The summed E-state index contributed by atoms with van der Waals surface area (Å²) in [6, 6.07) is -0.567. The van der Waals surface area contributed by atoms with Crippen LogP contribution < -0.4 is 16.2 Å². The summed E-state index contributed by atoms with van der Waals surface area (Å²) >= 11 is 2.61. The van der Waals surface area contributed by atoms with Crippen LogP contribution in [0.3, 0.4) is 0 Å². The standard InChI is InChI=1S/C17H24N4O3S2/c1-6-8(2)7-11-9(3)25-15-12(11)14(23)20-17(21-15)26-10(4)13(22)19-16(24)18-5/h8,10H,6-7H2,1-5H3,(H,20,21,23)(H2,18,19,22,24)/t8-,10-/m1/s1. The molecule has 0 saturated carbocycles. The molecule has 0 unspecified atom stereocenters. The van der Waals surface area contributed by atoms with Crippen LogP contribution >= 0.6 is 23.1 Å². The van der Waals surface area contributed by atoms with E-state index in [1.54, 1.807) is 6.92 Å². The van der Waals surface area contributed by atoms with Crippen molar-refractivity contribution < 1.29 is 9.59 Å². The molecule has 0 aliphatic rings. The van der Waals surface area contributed by atoms with Gasteiger partial charge >= 0.3 is 6.03 Å². The fourth-order valence-electron chi connectivity index (χ4n) is 2.45. The molecule has 0 fully saturated rings.